The van der Waals surface area contributed by atoms with E-state index >= 15 is 0 Å². The van der Waals surface area contributed by atoms with Crippen molar-refractivity contribution in [1.82, 2.24) is 0 Å². The van der Waals surface area contributed by atoms with E-state index in [1.807, 2.05) is 36.4 Å². The standard InChI is InChI=1S/C19H14O3/c20-16-10-11-17(14-6-8-15(9-7-14)19(21)22)18(12-16)13-4-2-1-3-5-13/h1-12,20H,(H,21,22). The Morgan fingerprint density at radius 2 is 1.36 bits per heavy atom. The zero-order valence-electron chi connectivity index (χ0n) is 11.7. The van der Waals surface area contributed by atoms with Crippen LogP contribution < -0.4 is 0 Å². The highest BCUT2D eigenvalue weighted by molar-refractivity contribution is 5.90. The van der Waals surface area contributed by atoms with E-state index in [-0.39, 0.29) is 11.3 Å². The second-order valence-corrected chi connectivity index (χ2v) is 4.98. The van der Waals surface area contributed by atoms with Crippen LogP contribution in [0.5, 0.6) is 5.75 Å². The molecule has 108 valence electrons. The number of carbonyl (C=O) groups is 1. The van der Waals surface area contributed by atoms with E-state index in [4.69, 9.17) is 5.11 Å². The number of carboxylic acid groups (broad SMARTS) is 1. The van der Waals surface area contributed by atoms with E-state index in [9.17, 15) is 9.90 Å². The molecule has 3 aromatic rings. The molecule has 0 saturated heterocycles. The van der Waals surface area contributed by atoms with E-state index < -0.39 is 5.97 Å². The number of aromatic carboxylic acids is 1. The minimum absolute atomic E-state index is 0.199. The molecule has 0 bridgehead atoms. The van der Waals surface area contributed by atoms with E-state index in [0.717, 1.165) is 22.3 Å². The molecule has 3 rings (SSSR count). The molecule has 3 nitrogen and oxygen atoms in total. The zero-order valence-corrected chi connectivity index (χ0v) is 11.7. The first-order chi connectivity index (χ1) is 10.6. The molecule has 0 spiro atoms. The molecule has 0 fully saturated rings. The van der Waals surface area contributed by atoms with E-state index in [2.05, 4.69) is 0 Å². The Morgan fingerprint density at radius 3 is 2.00 bits per heavy atom. The third-order valence-electron chi connectivity index (χ3n) is 3.53. The van der Waals surface area contributed by atoms with Gasteiger partial charge in [0.1, 0.15) is 5.75 Å². The van der Waals surface area contributed by atoms with Crippen LogP contribution in [-0.4, -0.2) is 16.2 Å². The predicted molar refractivity (Wildman–Crippen MR) is 85.9 cm³/mol. The van der Waals surface area contributed by atoms with Crippen LogP contribution in [0, 0.1) is 0 Å². The molecule has 0 aliphatic rings. The molecule has 3 heteroatoms. The highest BCUT2D eigenvalue weighted by Crippen LogP contribution is 2.34. The van der Waals surface area contributed by atoms with Crippen LogP contribution in [-0.2, 0) is 0 Å². The molecule has 2 N–H and O–H groups in total. The molecule has 3 aromatic carbocycles. The van der Waals surface area contributed by atoms with Crippen molar-refractivity contribution in [2.75, 3.05) is 0 Å². The summed E-state index contributed by atoms with van der Waals surface area (Å²) in [5.41, 5.74) is 4.01. The number of phenols is 1. The lowest BCUT2D eigenvalue weighted by Crippen LogP contribution is -1.95. The third-order valence-corrected chi connectivity index (χ3v) is 3.53. The molecule has 0 amide bonds. The van der Waals surface area contributed by atoms with Gasteiger partial charge in [-0.25, -0.2) is 4.79 Å². The number of benzene rings is 3. The highest BCUT2D eigenvalue weighted by atomic mass is 16.4. The average molecular weight is 290 g/mol. The Labute approximate surface area is 128 Å². The Kier molecular flexibility index (Phi) is 3.62. The molecule has 22 heavy (non-hydrogen) atoms. The lowest BCUT2D eigenvalue weighted by atomic mass is 9.94. The number of hydrogen-bond donors (Lipinski definition) is 2. The molecular formula is C19H14O3. The van der Waals surface area contributed by atoms with E-state index in [1.54, 1.807) is 36.4 Å². The van der Waals surface area contributed by atoms with Gasteiger partial charge in [0, 0.05) is 0 Å². The van der Waals surface area contributed by atoms with Gasteiger partial charge in [0.25, 0.3) is 0 Å². The summed E-state index contributed by atoms with van der Waals surface area (Å²) in [6, 6.07) is 21.7. The fraction of sp³-hybridized carbons (Fsp3) is 0. The topological polar surface area (TPSA) is 57.5 Å². The molecule has 0 aromatic heterocycles. The maximum absolute atomic E-state index is 10.9. The lowest BCUT2D eigenvalue weighted by Gasteiger charge is -2.11. The first-order valence-corrected chi connectivity index (χ1v) is 6.87. The summed E-state index contributed by atoms with van der Waals surface area (Å²) in [6.07, 6.45) is 0. The second kappa shape index (κ2) is 5.74. The van der Waals surface area contributed by atoms with Gasteiger partial charge in [0.05, 0.1) is 5.56 Å². The van der Waals surface area contributed by atoms with Crippen LogP contribution in [0.2, 0.25) is 0 Å². The minimum atomic E-state index is -0.944. The molecule has 0 saturated carbocycles. The van der Waals surface area contributed by atoms with Gasteiger partial charge < -0.3 is 10.2 Å². The van der Waals surface area contributed by atoms with Crippen LogP contribution in [0.3, 0.4) is 0 Å². The smallest absolute Gasteiger partial charge is 0.335 e. The summed E-state index contributed by atoms with van der Waals surface area (Å²) in [5.74, 6) is -0.745. The van der Waals surface area contributed by atoms with Crippen molar-refractivity contribution in [2.45, 2.75) is 0 Å². The maximum Gasteiger partial charge on any atom is 0.335 e. The summed E-state index contributed by atoms with van der Waals surface area (Å²) in [7, 11) is 0. The first kappa shape index (κ1) is 13.9. The normalized spacial score (nSPS) is 10.4. The Balaban J connectivity index is 2.13. The van der Waals surface area contributed by atoms with E-state index in [1.165, 1.54) is 0 Å². The quantitative estimate of drug-likeness (QED) is 0.750. The van der Waals surface area contributed by atoms with E-state index in [0.29, 0.717) is 0 Å². The molecule has 0 aliphatic carbocycles. The minimum Gasteiger partial charge on any atom is -0.508 e. The SMILES string of the molecule is O=C(O)c1ccc(-c2ccc(O)cc2-c2ccccc2)cc1. The van der Waals surface area contributed by atoms with Crippen molar-refractivity contribution >= 4 is 5.97 Å². The average Bonchev–Trinajstić information content (AvgIpc) is 2.56. The Hall–Kier alpha value is -3.07. The van der Waals surface area contributed by atoms with Gasteiger partial charge in [-0.05, 0) is 46.5 Å². The molecular weight excluding hydrogens is 276 g/mol. The molecule has 0 aliphatic heterocycles. The van der Waals surface area contributed by atoms with Crippen LogP contribution in [0.4, 0.5) is 0 Å². The maximum atomic E-state index is 10.9. The van der Waals surface area contributed by atoms with Crippen molar-refractivity contribution in [3.05, 3.63) is 78.4 Å². The number of hydrogen-bond acceptors (Lipinski definition) is 2. The summed E-state index contributed by atoms with van der Waals surface area (Å²) < 4.78 is 0. The van der Waals surface area contributed by atoms with Gasteiger partial charge in [-0.3, -0.25) is 0 Å². The van der Waals surface area contributed by atoms with Crippen LogP contribution >= 0.6 is 0 Å². The summed E-state index contributed by atoms with van der Waals surface area (Å²) in [4.78, 5) is 10.9. The summed E-state index contributed by atoms with van der Waals surface area (Å²) in [5, 5.41) is 18.8. The van der Waals surface area contributed by atoms with Crippen molar-refractivity contribution in [3.63, 3.8) is 0 Å². The first-order valence-electron chi connectivity index (χ1n) is 6.87. The second-order valence-electron chi connectivity index (χ2n) is 4.98. The molecule has 0 radical (unpaired) electrons. The summed E-state index contributed by atoms with van der Waals surface area (Å²) in [6.45, 7) is 0. The predicted octanol–water partition coefficient (Wildman–Crippen LogP) is 4.42. The van der Waals surface area contributed by atoms with Crippen LogP contribution in [0.25, 0.3) is 22.3 Å². The summed E-state index contributed by atoms with van der Waals surface area (Å²) >= 11 is 0. The van der Waals surface area contributed by atoms with Crippen molar-refractivity contribution in [2.24, 2.45) is 0 Å². The molecule has 0 atom stereocenters. The largest absolute Gasteiger partial charge is 0.508 e. The third kappa shape index (κ3) is 2.69. The zero-order chi connectivity index (χ0) is 15.5. The van der Waals surface area contributed by atoms with Gasteiger partial charge in [0.15, 0.2) is 0 Å². The van der Waals surface area contributed by atoms with Gasteiger partial charge in [-0.2, -0.15) is 0 Å². The van der Waals surface area contributed by atoms with Crippen LogP contribution in [0.1, 0.15) is 10.4 Å². The van der Waals surface area contributed by atoms with Gasteiger partial charge in [0.2, 0.25) is 0 Å². The van der Waals surface area contributed by atoms with Crippen LogP contribution in [0.15, 0.2) is 72.8 Å². The number of aromatic hydroxyl groups is 1. The number of rotatable bonds is 3. The molecule has 0 unspecified atom stereocenters. The number of carboxylic acids is 1. The Bertz CT molecular complexity index is 806. The van der Waals surface area contributed by atoms with Gasteiger partial charge in [-0.1, -0.05) is 48.5 Å². The molecule has 0 heterocycles. The highest BCUT2D eigenvalue weighted by Gasteiger charge is 2.09. The van der Waals surface area contributed by atoms with Crippen molar-refractivity contribution in [1.29, 1.82) is 0 Å². The monoisotopic (exact) mass is 290 g/mol. The fourth-order valence-corrected chi connectivity index (χ4v) is 2.43. The van der Waals surface area contributed by atoms with Crippen molar-refractivity contribution in [3.8, 4) is 28.0 Å². The fourth-order valence-electron chi connectivity index (χ4n) is 2.43. The van der Waals surface area contributed by atoms with Gasteiger partial charge >= 0.3 is 5.97 Å². The Morgan fingerprint density at radius 1 is 0.727 bits per heavy atom. The van der Waals surface area contributed by atoms with Gasteiger partial charge in [-0.15, -0.1) is 0 Å². The van der Waals surface area contributed by atoms with Crippen molar-refractivity contribution < 1.29 is 15.0 Å². The lowest BCUT2D eigenvalue weighted by molar-refractivity contribution is 0.0697. The number of phenolic OH excluding ortho intramolecular Hbond substituents is 1.